The molecule has 3 saturated carbocycles. The van der Waals surface area contributed by atoms with E-state index in [0.717, 1.165) is 18.7 Å². The highest BCUT2D eigenvalue weighted by Gasteiger charge is 2.64. The number of halogens is 1. The molecule has 5 aliphatic rings. The fraction of sp³-hybridized carbons (Fsp3) is 0.618. The van der Waals surface area contributed by atoms with Crippen molar-refractivity contribution in [2.24, 2.45) is 29.4 Å². The Morgan fingerprint density at radius 1 is 1.02 bits per heavy atom. The average molecular weight is 642 g/mol. The molecule has 11 heteroatoms. The van der Waals surface area contributed by atoms with Crippen LogP contribution in [-0.4, -0.2) is 86.5 Å². The van der Waals surface area contributed by atoms with Gasteiger partial charge < -0.3 is 26.2 Å². The quantitative estimate of drug-likeness (QED) is 0.210. The molecule has 45 heavy (non-hydrogen) atoms. The summed E-state index contributed by atoms with van der Waals surface area (Å²) < 4.78 is 0. The molecule has 0 saturated heterocycles. The number of phenolic OH excluding ortho intramolecular Hbond substituents is 1. The largest absolute Gasteiger partial charge is 0.508 e. The monoisotopic (exact) mass is 641 g/mol. The van der Waals surface area contributed by atoms with Gasteiger partial charge in [0.1, 0.15) is 22.8 Å². The Bertz CT molecular complexity index is 1490. The minimum absolute atomic E-state index is 0.0255. The van der Waals surface area contributed by atoms with Crippen LogP contribution in [0.5, 0.6) is 5.75 Å². The van der Waals surface area contributed by atoms with Gasteiger partial charge in [0.2, 0.25) is 5.78 Å². The molecule has 6 rings (SSSR count). The summed E-state index contributed by atoms with van der Waals surface area (Å²) in [6.45, 7) is 2.50. The summed E-state index contributed by atoms with van der Waals surface area (Å²) >= 11 is 7.07. The van der Waals surface area contributed by atoms with Gasteiger partial charge in [-0.1, -0.05) is 37.3 Å². The van der Waals surface area contributed by atoms with E-state index in [4.69, 9.17) is 17.3 Å². The van der Waals surface area contributed by atoms with Gasteiger partial charge in [-0.3, -0.25) is 24.2 Å². The molecule has 0 bridgehead atoms. The van der Waals surface area contributed by atoms with Gasteiger partial charge in [-0.15, -0.1) is 0 Å². The van der Waals surface area contributed by atoms with Crippen LogP contribution in [0.4, 0.5) is 0 Å². The number of rotatable bonds is 8. The minimum Gasteiger partial charge on any atom is -0.508 e. The van der Waals surface area contributed by atoms with Gasteiger partial charge in [0.05, 0.1) is 11.6 Å². The van der Waals surface area contributed by atoms with Crippen LogP contribution in [-0.2, 0) is 27.3 Å². The van der Waals surface area contributed by atoms with Crippen LogP contribution in [0.1, 0.15) is 74.5 Å². The number of phenols is 1. The highest BCUT2D eigenvalue weighted by atomic mass is 35.5. The van der Waals surface area contributed by atoms with Crippen molar-refractivity contribution >= 4 is 34.8 Å². The van der Waals surface area contributed by atoms with Crippen LogP contribution in [0, 0.1) is 23.7 Å². The molecular weight excluding hydrogens is 598 g/mol. The first-order valence-electron chi connectivity index (χ1n) is 16.2. The van der Waals surface area contributed by atoms with Crippen molar-refractivity contribution in [2.45, 2.75) is 82.4 Å². The predicted molar refractivity (Wildman–Crippen MR) is 168 cm³/mol. The number of amides is 1. The van der Waals surface area contributed by atoms with E-state index in [1.807, 2.05) is 0 Å². The number of nitrogens with zero attached hydrogens (tertiary/aromatic N) is 2. The highest BCUT2D eigenvalue weighted by Crippen LogP contribution is 2.53. The summed E-state index contributed by atoms with van der Waals surface area (Å²) in [5.74, 6) is -5.39. The SMILES string of the molecule is CN(C)[C@@H]1C(=O)C(C(N)=O)=C(O)[C@@]2(O)C(=O)C3=C(O)c4c(O)cc(CN(CC5CCCCCC5)CC5CC5)c(Cl)c4C[C@H]3C[C@@H]12. The molecule has 244 valence electrons. The van der Waals surface area contributed by atoms with Crippen molar-refractivity contribution in [2.75, 3.05) is 27.2 Å². The lowest BCUT2D eigenvalue weighted by Gasteiger charge is -2.50. The molecule has 4 atom stereocenters. The fourth-order valence-electron chi connectivity index (χ4n) is 8.48. The van der Waals surface area contributed by atoms with Crippen molar-refractivity contribution < 1.29 is 34.8 Å². The molecule has 1 aromatic rings. The van der Waals surface area contributed by atoms with Crippen molar-refractivity contribution in [1.29, 1.82) is 0 Å². The molecule has 6 N–H and O–H groups in total. The Morgan fingerprint density at radius 2 is 1.64 bits per heavy atom. The number of aliphatic hydroxyl groups is 3. The second kappa shape index (κ2) is 12.0. The highest BCUT2D eigenvalue weighted by molar-refractivity contribution is 6.32. The number of aromatic hydroxyl groups is 1. The summed E-state index contributed by atoms with van der Waals surface area (Å²) in [4.78, 5) is 43.5. The lowest BCUT2D eigenvalue weighted by atomic mass is 9.57. The summed E-state index contributed by atoms with van der Waals surface area (Å²) in [6.07, 6.45) is 10.2. The number of Topliss-reactive ketones (excluding diaryl/α,β-unsaturated/α-hetero) is 2. The number of carbonyl (C=O) groups is 3. The smallest absolute Gasteiger partial charge is 0.255 e. The molecule has 1 amide bonds. The molecule has 0 heterocycles. The maximum Gasteiger partial charge on any atom is 0.255 e. The molecule has 0 aromatic heterocycles. The Labute approximate surface area is 268 Å². The Kier molecular flexibility index (Phi) is 8.56. The molecule has 1 aromatic carbocycles. The number of fused-ring (bicyclic) bond motifs is 3. The third-order valence-corrected chi connectivity index (χ3v) is 11.3. The normalized spacial score (nSPS) is 29.2. The second-order valence-electron chi connectivity index (χ2n) is 14.2. The number of nitrogens with two attached hydrogens (primary N) is 1. The lowest BCUT2D eigenvalue weighted by Crippen LogP contribution is -2.65. The zero-order valence-electron chi connectivity index (χ0n) is 26.0. The molecule has 0 radical (unpaired) electrons. The number of benzene rings is 1. The topological polar surface area (TPSA) is 165 Å². The van der Waals surface area contributed by atoms with E-state index >= 15 is 0 Å². The van der Waals surface area contributed by atoms with E-state index in [9.17, 15) is 34.8 Å². The van der Waals surface area contributed by atoms with Crippen molar-refractivity contribution in [3.05, 3.63) is 44.7 Å². The maximum atomic E-state index is 14.1. The Balaban J connectivity index is 1.37. The summed E-state index contributed by atoms with van der Waals surface area (Å²) in [7, 11) is 3.16. The predicted octanol–water partition coefficient (Wildman–Crippen LogP) is 3.80. The number of primary amides is 1. The van der Waals surface area contributed by atoms with Crippen LogP contribution in [0.2, 0.25) is 5.02 Å². The number of ketones is 2. The van der Waals surface area contributed by atoms with Gasteiger partial charge in [-0.2, -0.15) is 0 Å². The third kappa shape index (κ3) is 5.47. The van der Waals surface area contributed by atoms with E-state index in [-0.39, 0.29) is 29.7 Å². The van der Waals surface area contributed by atoms with Gasteiger partial charge in [0.15, 0.2) is 11.4 Å². The zero-order chi connectivity index (χ0) is 32.4. The minimum atomic E-state index is -2.66. The van der Waals surface area contributed by atoms with Crippen molar-refractivity contribution in [1.82, 2.24) is 9.80 Å². The van der Waals surface area contributed by atoms with E-state index in [1.54, 1.807) is 20.2 Å². The van der Waals surface area contributed by atoms with Gasteiger partial charge >= 0.3 is 0 Å². The molecule has 5 aliphatic carbocycles. The Hall–Kier alpha value is -2.92. The zero-order valence-corrected chi connectivity index (χ0v) is 26.8. The van der Waals surface area contributed by atoms with Crippen LogP contribution in [0.25, 0.3) is 5.76 Å². The van der Waals surface area contributed by atoms with Crippen LogP contribution in [0.3, 0.4) is 0 Å². The summed E-state index contributed by atoms with van der Waals surface area (Å²) in [5, 5.41) is 46.0. The molecular formula is C34H44ClN3O7. The molecule has 3 fully saturated rings. The van der Waals surface area contributed by atoms with Crippen LogP contribution < -0.4 is 5.73 Å². The molecule has 0 aliphatic heterocycles. The molecule has 10 nitrogen and oxygen atoms in total. The number of carbonyl (C=O) groups excluding carboxylic acids is 3. The first kappa shape index (κ1) is 32.0. The van der Waals surface area contributed by atoms with Gasteiger partial charge in [-0.05, 0) is 87.6 Å². The number of hydrogen-bond donors (Lipinski definition) is 5. The van der Waals surface area contributed by atoms with E-state index in [1.165, 1.54) is 56.3 Å². The maximum absolute atomic E-state index is 14.1. The lowest BCUT2D eigenvalue weighted by molar-refractivity contribution is -0.153. The fourth-order valence-corrected chi connectivity index (χ4v) is 8.77. The van der Waals surface area contributed by atoms with Crippen molar-refractivity contribution in [3.8, 4) is 5.75 Å². The van der Waals surface area contributed by atoms with E-state index in [0.29, 0.717) is 29.0 Å². The number of likely N-dealkylation sites (N-methyl/N-ethyl adjacent to an activating group) is 1. The third-order valence-electron chi connectivity index (χ3n) is 10.8. The number of hydrogen-bond acceptors (Lipinski definition) is 9. The molecule has 0 unspecified atom stereocenters. The average Bonchev–Trinajstić information content (AvgIpc) is 3.81. The van der Waals surface area contributed by atoms with E-state index in [2.05, 4.69) is 4.90 Å². The van der Waals surface area contributed by atoms with Gasteiger partial charge in [-0.25, -0.2) is 0 Å². The van der Waals surface area contributed by atoms with Gasteiger partial charge in [0, 0.05) is 36.1 Å². The molecule has 0 spiro atoms. The standard InChI is InChI=1S/C34H44ClN3O7/c1-37(2)28-22-12-19-11-21-25(29(40)24(19)31(42)34(22,45)32(43)26(30(28)41)33(36)44)23(39)13-20(27(21)35)16-38(15-18-9-10-18)14-17-7-5-3-4-6-8-17/h13,17-19,22,28,39-40,43,45H,3-12,14-16H2,1-2H3,(H2,36,44)/t19-,22-,28-,34-/m0/s1. The first-order chi connectivity index (χ1) is 21.3. The number of aliphatic hydroxyl groups excluding tert-OH is 2. The second-order valence-corrected chi connectivity index (χ2v) is 14.6. The van der Waals surface area contributed by atoms with Crippen LogP contribution >= 0.6 is 11.6 Å². The van der Waals surface area contributed by atoms with Crippen LogP contribution in [0.15, 0.2) is 23.0 Å². The van der Waals surface area contributed by atoms with Crippen molar-refractivity contribution in [3.63, 3.8) is 0 Å². The summed E-state index contributed by atoms with van der Waals surface area (Å²) in [6, 6.07) is 0.428. The first-order valence-corrected chi connectivity index (χ1v) is 16.6. The van der Waals surface area contributed by atoms with E-state index < -0.39 is 58.0 Å². The Morgan fingerprint density at radius 3 is 2.22 bits per heavy atom. The summed E-state index contributed by atoms with van der Waals surface area (Å²) in [5.41, 5.74) is 3.03. The van der Waals surface area contributed by atoms with Gasteiger partial charge in [0.25, 0.3) is 5.91 Å².